The molecule has 1 aromatic carbocycles. The fourth-order valence-corrected chi connectivity index (χ4v) is 1.99. The number of nitrogens with two attached hydrogens (primary N) is 1. The van der Waals surface area contributed by atoms with E-state index in [1.165, 1.54) is 11.1 Å². The van der Waals surface area contributed by atoms with Crippen molar-refractivity contribution in [3.8, 4) is 0 Å². The van der Waals surface area contributed by atoms with E-state index in [0.29, 0.717) is 12.5 Å². The van der Waals surface area contributed by atoms with E-state index in [4.69, 9.17) is 5.73 Å². The summed E-state index contributed by atoms with van der Waals surface area (Å²) in [7, 11) is 0. The summed E-state index contributed by atoms with van der Waals surface area (Å²) in [6.45, 7) is 10.5. The Hall–Kier alpha value is -1.60. The van der Waals surface area contributed by atoms with E-state index < -0.39 is 0 Å². The third-order valence-corrected chi connectivity index (χ3v) is 2.73. The summed E-state index contributed by atoms with van der Waals surface area (Å²) < 4.78 is 0. The minimum absolute atomic E-state index is 0.357. The summed E-state index contributed by atoms with van der Waals surface area (Å²) >= 11 is 0. The zero-order valence-corrected chi connectivity index (χ0v) is 12.5. The lowest BCUT2D eigenvalue weighted by atomic mass is 9.87. The molecule has 0 heterocycles. The number of benzene rings is 1. The molecule has 0 amide bonds. The molecule has 1 aromatic rings. The van der Waals surface area contributed by atoms with Crippen LogP contribution in [-0.2, 0) is 0 Å². The second kappa shape index (κ2) is 11.5. The second-order valence-electron chi connectivity index (χ2n) is 3.94. The van der Waals surface area contributed by atoms with Crippen LogP contribution in [0, 0.1) is 0 Å². The Labute approximate surface area is 118 Å². The molecule has 2 N–H and O–H groups in total. The van der Waals surface area contributed by atoms with Crippen molar-refractivity contribution < 1.29 is 0 Å². The summed E-state index contributed by atoms with van der Waals surface area (Å²) in [6.07, 6.45) is 9.04. The first kappa shape index (κ1) is 17.4. The van der Waals surface area contributed by atoms with E-state index in [-0.39, 0.29) is 0 Å². The predicted octanol–water partition coefficient (Wildman–Crippen LogP) is 4.83. The molecule has 19 heavy (non-hydrogen) atoms. The van der Waals surface area contributed by atoms with Gasteiger partial charge in [0.25, 0.3) is 0 Å². The number of hydrogen-bond donors (Lipinski definition) is 1. The average Bonchev–Trinajstić information content (AvgIpc) is 2.48. The maximum Gasteiger partial charge on any atom is 0.0101 e. The molecule has 0 fully saturated rings. The van der Waals surface area contributed by atoms with Crippen LogP contribution in [0.15, 0.2) is 66.8 Å². The van der Waals surface area contributed by atoms with Gasteiger partial charge < -0.3 is 5.73 Å². The highest BCUT2D eigenvalue weighted by Gasteiger charge is 2.13. The van der Waals surface area contributed by atoms with Gasteiger partial charge in [0, 0.05) is 5.92 Å². The molecular formula is C18H27N. The average molecular weight is 257 g/mol. The summed E-state index contributed by atoms with van der Waals surface area (Å²) in [5.74, 6) is 0.357. The van der Waals surface area contributed by atoms with Crippen LogP contribution in [0.2, 0.25) is 0 Å². The van der Waals surface area contributed by atoms with E-state index >= 15 is 0 Å². The first-order chi connectivity index (χ1) is 9.33. The van der Waals surface area contributed by atoms with E-state index in [1.54, 1.807) is 0 Å². The SMILES string of the molecule is C=C/C=C(\C=C/C)C(CCN)c1ccccc1.CC. The van der Waals surface area contributed by atoms with Crippen molar-refractivity contribution in [2.24, 2.45) is 5.73 Å². The Morgan fingerprint density at radius 1 is 1.26 bits per heavy atom. The minimum Gasteiger partial charge on any atom is -0.330 e. The van der Waals surface area contributed by atoms with Gasteiger partial charge in [-0.25, -0.2) is 0 Å². The molecule has 0 aliphatic carbocycles. The lowest BCUT2D eigenvalue weighted by Crippen LogP contribution is -2.09. The first-order valence-electron chi connectivity index (χ1n) is 7.03. The van der Waals surface area contributed by atoms with Gasteiger partial charge in [-0.2, -0.15) is 0 Å². The number of allylic oxidation sites excluding steroid dienone is 5. The van der Waals surface area contributed by atoms with Crippen LogP contribution in [0.4, 0.5) is 0 Å². The summed E-state index contributed by atoms with van der Waals surface area (Å²) in [6, 6.07) is 10.5. The Morgan fingerprint density at radius 2 is 1.89 bits per heavy atom. The fourth-order valence-electron chi connectivity index (χ4n) is 1.99. The van der Waals surface area contributed by atoms with E-state index in [9.17, 15) is 0 Å². The highest BCUT2D eigenvalue weighted by Crippen LogP contribution is 2.28. The van der Waals surface area contributed by atoms with Gasteiger partial charge in [0.15, 0.2) is 0 Å². The smallest absolute Gasteiger partial charge is 0.0101 e. The van der Waals surface area contributed by atoms with Crippen molar-refractivity contribution in [2.45, 2.75) is 33.1 Å². The molecule has 0 saturated carbocycles. The minimum atomic E-state index is 0.357. The molecule has 1 rings (SSSR count). The van der Waals surface area contributed by atoms with E-state index in [0.717, 1.165) is 6.42 Å². The maximum atomic E-state index is 5.72. The lowest BCUT2D eigenvalue weighted by Gasteiger charge is -2.18. The summed E-state index contributed by atoms with van der Waals surface area (Å²) in [4.78, 5) is 0. The monoisotopic (exact) mass is 257 g/mol. The molecule has 1 unspecified atom stereocenters. The molecule has 0 radical (unpaired) electrons. The third-order valence-electron chi connectivity index (χ3n) is 2.73. The summed E-state index contributed by atoms with van der Waals surface area (Å²) in [5, 5.41) is 0. The van der Waals surface area contributed by atoms with Crippen molar-refractivity contribution in [3.05, 3.63) is 72.4 Å². The van der Waals surface area contributed by atoms with Crippen LogP contribution < -0.4 is 5.73 Å². The Bertz CT molecular complexity index is 387. The van der Waals surface area contributed by atoms with Gasteiger partial charge >= 0.3 is 0 Å². The van der Waals surface area contributed by atoms with Gasteiger partial charge in [-0.3, -0.25) is 0 Å². The van der Waals surface area contributed by atoms with Gasteiger partial charge in [0.05, 0.1) is 0 Å². The Balaban J connectivity index is 0.00000154. The van der Waals surface area contributed by atoms with Crippen LogP contribution in [0.3, 0.4) is 0 Å². The van der Waals surface area contributed by atoms with Gasteiger partial charge in [-0.05, 0) is 31.0 Å². The number of hydrogen-bond acceptors (Lipinski definition) is 1. The van der Waals surface area contributed by atoms with Crippen molar-refractivity contribution in [3.63, 3.8) is 0 Å². The molecule has 0 aliphatic heterocycles. The predicted molar refractivity (Wildman–Crippen MR) is 87.3 cm³/mol. The quantitative estimate of drug-likeness (QED) is 0.725. The van der Waals surface area contributed by atoms with Gasteiger partial charge in [-0.1, -0.05) is 75.1 Å². The topological polar surface area (TPSA) is 26.0 Å². The van der Waals surface area contributed by atoms with E-state index in [1.807, 2.05) is 32.9 Å². The van der Waals surface area contributed by atoms with Crippen molar-refractivity contribution >= 4 is 0 Å². The Morgan fingerprint density at radius 3 is 2.37 bits per heavy atom. The van der Waals surface area contributed by atoms with Gasteiger partial charge in [-0.15, -0.1) is 0 Å². The Kier molecular flexibility index (Phi) is 10.5. The fraction of sp³-hybridized carbons (Fsp3) is 0.333. The van der Waals surface area contributed by atoms with E-state index in [2.05, 4.69) is 49.1 Å². The molecule has 0 saturated heterocycles. The first-order valence-corrected chi connectivity index (χ1v) is 7.03. The van der Waals surface area contributed by atoms with Crippen LogP contribution in [0.5, 0.6) is 0 Å². The van der Waals surface area contributed by atoms with Crippen LogP contribution in [0.25, 0.3) is 0 Å². The maximum absolute atomic E-state index is 5.72. The molecule has 1 nitrogen and oxygen atoms in total. The molecule has 104 valence electrons. The van der Waals surface area contributed by atoms with Crippen molar-refractivity contribution in [1.29, 1.82) is 0 Å². The molecule has 0 bridgehead atoms. The molecule has 0 aromatic heterocycles. The van der Waals surface area contributed by atoms with Crippen LogP contribution in [0.1, 0.15) is 38.7 Å². The second-order valence-corrected chi connectivity index (χ2v) is 3.94. The molecular weight excluding hydrogens is 230 g/mol. The van der Waals surface area contributed by atoms with Crippen molar-refractivity contribution in [2.75, 3.05) is 6.54 Å². The van der Waals surface area contributed by atoms with Crippen molar-refractivity contribution in [1.82, 2.24) is 0 Å². The number of rotatable bonds is 6. The normalized spacial score (nSPS) is 12.7. The molecule has 0 aliphatic rings. The highest BCUT2D eigenvalue weighted by molar-refractivity contribution is 5.36. The largest absolute Gasteiger partial charge is 0.330 e. The zero-order valence-electron chi connectivity index (χ0n) is 12.5. The zero-order chi connectivity index (χ0) is 14.5. The standard InChI is InChI=1S/C16H21N.C2H6/c1-3-8-14(9-4-2)16(12-13-17)15-10-6-5-7-11-15;1-2/h3-11,16H,1,12-13,17H2,2H3;1-2H3/b9-4-,14-8+;. The molecule has 1 heteroatoms. The highest BCUT2D eigenvalue weighted by atomic mass is 14.5. The summed E-state index contributed by atoms with van der Waals surface area (Å²) in [5.41, 5.74) is 8.29. The third kappa shape index (κ3) is 6.21. The van der Waals surface area contributed by atoms with Crippen LogP contribution in [-0.4, -0.2) is 6.54 Å². The van der Waals surface area contributed by atoms with Gasteiger partial charge in [0.2, 0.25) is 0 Å². The van der Waals surface area contributed by atoms with Crippen LogP contribution >= 0.6 is 0 Å². The lowest BCUT2D eigenvalue weighted by molar-refractivity contribution is 0.725. The molecule has 0 spiro atoms. The van der Waals surface area contributed by atoms with Gasteiger partial charge in [0.1, 0.15) is 0 Å². The molecule has 1 atom stereocenters.